The van der Waals surface area contributed by atoms with E-state index >= 15 is 0 Å². The van der Waals surface area contributed by atoms with Gasteiger partial charge in [0.15, 0.2) is 11.6 Å². The molecule has 0 aliphatic heterocycles. The number of fused-ring (bicyclic) bond motifs is 10. The van der Waals surface area contributed by atoms with Crippen LogP contribution in [0.2, 0.25) is 0 Å². The Balaban J connectivity index is 0.000000173. The molecule has 0 amide bonds. The van der Waals surface area contributed by atoms with E-state index in [1.807, 2.05) is 12.2 Å². The molecule has 0 bridgehead atoms. The summed E-state index contributed by atoms with van der Waals surface area (Å²) in [4.78, 5) is 34.8. The highest BCUT2D eigenvalue weighted by Crippen LogP contribution is 2.68. The molecule has 8 aliphatic carbocycles. The number of aliphatic hydroxyl groups is 2. The molecule has 0 aromatic carbocycles. The van der Waals surface area contributed by atoms with Crippen molar-refractivity contribution in [2.24, 2.45) is 80.8 Å². The summed E-state index contributed by atoms with van der Waals surface area (Å²) in [6.07, 6.45) is 31.1. The van der Waals surface area contributed by atoms with Crippen LogP contribution in [0.3, 0.4) is 0 Å². The minimum Gasteiger partial charge on any atom is -0.390 e. The third-order valence-electron chi connectivity index (χ3n) is 19.0. The number of aliphatic hydroxyl groups excluding tert-OH is 1. The van der Waals surface area contributed by atoms with Crippen LogP contribution in [0.5, 0.6) is 0 Å². The van der Waals surface area contributed by atoms with Crippen LogP contribution in [0.25, 0.3) is 0 Å². The summed E-state index contributed by atoms with van der Waals surface area (Å²) < 4.78 is 0. The summed E-state index contributed by atoms with van der Waals surface area (Å²) in [6.45, 7) is 18.1. The molecule has 1 unspecified atom stereocenters. The topological polar surface area (TPSA) is 91.7 Å². The van der Waals surface area contributed by atoms with Gasteiger partial charge in [-0.25, -0.2) is 0 Å². The number of hydrogen-bond acceptors (Lipinski definition) is 5. The summed E-state index contributed by atoms with van der Waals surface area (Å²) in [7, 11) is 0. The van der Waals surface area contributed by atoms with E-state index in [-0.39, 0.29) is 10.8 Å². The number of aldehydes is 1. The fourth-order valence-electron chi connectivity index (χ4n) is 15.5. The zero-order valence-electron chi connectivity index (χ0n) is 36.3. The molecule has 0 aromatic heterocycles. The Morgan fingerprint density at radius 2 is 1.12 bits per heavy atom. The number of carbonyl (C=O) groups excluding carboxylic acids is 3. The van der Waals surface area contributed by atoms with Gasteiger partial charge >= 0.3 is 0 Å². The Labute approximate surface area is 339 Å². The minimum absolute atomic E-state index is 0.176. The van der Waals surface area contributed by atoms with E-state index in [1.165, 1.54) is 62.5 Å². The smallest absolute Gasteiger partial charge is 0.156 e. The number of rotatable bonds is 9. The maximum atomic E-state index is 12.0. The lowest BCUT2D eigenvalue weighted by molar-refractivity contribution is -0.117. The molecule has 0 radical (unpaired) electrons. The van der Waals surface area contributed by atoms with Crippen LogP contribution in [-0.2, 0) is 14.4 Å². The van der Waals surface area contributed by atoms with Crippen molar-refractivity contribution < 1.29 is 24.6 Å². The third kappa shape index (κ3) is 7.17. The van der Waals surface area contributed by atoms with Gasteiger partial charge in [-0.1, -0.05) is 65.8 Å². The van der Waals surface area contributed by atoms with Gasteiger partial charge in [-0.15, -0.1) is 0 Å². The van der Waals surface area contributed by atoms with Crippen LogP contribution in [0.15, 0.2) is 47.6 Å². The zero-order valence-corrected chi connectivity index (χ0v) is 36.3. The average Bonchev–Trinajstić information content (AvgIpc) is 3.70. The molecule has 0 aromatic rings. The molecule has 0 heterocycles. The van der Waals surface area contributed by atoms with Gasteiger partial charge in [-0.3, -0.25) is 9.59 Å². The van der Waals surface area contributed by atoms with Crippen LogP contribution < -0.4 is 0 Å². The Hall–Kier alpha value is -2.11. The summed E-state index contributed by atoms with van der Waals surface area (Å²) in [5.74, 6) is 7.48. The Morgan fingerprint density at radius 3 is 1.55 bits per heavy atom. The molecule has 5 nitrogen and oxygen atoms in total. The van der Waals surface area contributed by atoms with Gasteiger partial charge in [0.25, 0.3) is 0 Å². The summed E-state index contributed by atoms with van der Waals surface area (Å²) >= 11 is 0. The lowest BCUT2D eigenvalue weighted by Crippen LogP contribution is -2.49. The van der Waals surface area contributed by atoms with Crippen molar-refractivity contribution in [3.8, 4) is 0 Å². The molecule has 4 fully saturated rings. The lowest BCUT2D eigenvalue weighted by Gasteiger charge is -2.56. The molecule has 8 aliphatic rings. The Bertz CT molecular complexity index is 1640. The second-order valence-electron chi connectivity index (χ2n) is 22.2. The molecule has 8 rings (SSSR count). The van der Waals surface area contributed by atoms with E-state index < -0.39 is 11.7 Å². The number of hydrogen-bond donors (Lipinski definition) is 2. The fraction of sp³-hybridized carbons (Fsp3) is 0.784. The highest BCUT2D eigenvalue weighted by Gasteiger charge is 2.60. The number of allylic oxidation sites excluding steroid dienone is 8. The predicted octanol–water partition coefficient (Wildman–Crippen LogP) is 11.0. The predicted molar refractivity (Wildman–Crippen MR) is 225 cm³/mol. The number of carbonyl (C=O) groups is 3. The summed E-state index contributed by atoms with van der Waals surface area (Å²) in [5, 5.41) is 20.4. The van der Waals surface area contributed by atoms with Gasteiger partial charge in [0.1, 0.15) is 6.29 Å². The standard InChI is InChI=1S/C27H42O3.C24H34O2/c1-17(6-11-24(29)25(2,3)30)21-9-10-22-20-8-7-18-16-19(28)12-14-26(18,4)23(20)13-15-27(21,22)5;1-16(5-4-14-25)20-8-9-21-19-7-6-17-15-18(26)10-12-23(17,2)22(19)11-13-24(20,21)3/h7-8,16-17,20-24,29-30H,6,9-15H2,1-5H3;6-7,14-16,19-22H,4-5,8-13H2,1-3H3/t17-,20+,21-,22+,23+,24?,26+,27-;16-,19+,20-,21+,22+,23+,24-/m11/s1. The average molecular weight is 769 g/mol. The molecule has 4 saturated carbocycles. The molecule has 15 atom stereocenters. The SMILES string of the molecule is C[C@H](CCC(O)C(C)(C)O)[C@H]1CC[C@H]2[C@@H]3C=CC4=CC(=O)CC[C@]4(C)[C@H]3CC[C@]12C.C[C@H](CCC=O)[C@H]1CC[C@H]2[C@@H]3C=CC4=CC(=O)CC[C@]4(C)[C@H]3CC[C@]12C. The maximum absolute atomic E-state index is 12.0. The molecule has 2 N–H and O–H groups in total. The molecule has 310 valence electrons. The van der Waals surface area contributed by atoms with Crippen molar-refractivity contribution in [2.45, 2.75) is 170 Å². The van der Waals surface area contributed by atoms with Crippen molar-refractivity contribution in [1.82, 2.24) is 0 Å². The van der Waals surface area contributed by atoms with E-state index in [1.54, 1.807) is 13.8 Å². The first-order valence-corrected chi connectivity index (χ1v) is 23.1. The monoisotopic (exact) mass is 769 g/mol. The molecular formula is C51H76O5. The third-order valence-corrected chi connectivity index (χ3v) is 19.0. The highest BCUT2D eigenvalue weighted by atomic mass is 16.3. The van der Waals surface area contributed by atoms with Gasteiger partial charge in [0, 0.05) is 19.3 Å². The van der Waals surface area contributed by atoms with Crippen LogP contribution in [0.4, 0.5) is 0 Å². The van der Waals surface area contributed by atoms with Crippen molar-refractivity contribution in [3.63, 3.8) is 0 Å². The van der Waals surface area contributed by atoms with Gasteiger partial charge in [0.2, 0.25) is 0 Å². The molecule has 0 saturated heterocycles. The second kappa shape index (κ2) is 15.5. The van der Waals surface area contributed by atoms with Gasteiger partial charge in [0.05, 0.1) is 11.7 Å². The first-order chi connectivity index (χ1) is 26.4. The second-order valence-corrected chi connectivity index (χ2v) is 22.2. The number of ketones is 2. The molecular weight excluding hydrogens is 693 g/mol. The van der Waals surface area contributed by atoms with E-state index in [4.69, 9.17) is 0 Å². The first-order valence-electron chi connectivity index (χ1n) is 23.1. The Kier molecular flexibility index (Phi) is 11.6. The first kappa shape index (κ1) is 42.0. The van der Waals surface area contributed by atoms with Crippen LogP contribution in [-0.4, -0.2) is 39.8 Å². The van der Waals surface area contributed by atoms with Crippen molar-refractivity contribution in [2.75, 3.05) is 0 Å². The Morgan fingerprint density at radius 1 is 0.679 bits per heavy atom. The fourth-order valence-corrected chi connectivity index (χ4v) is 15.5. The quantitative estimate of drug-likeness (QED) is 0.228. The van der Waals surface area contributed by atoms with Crippen molar-refractivity contribution in [3.05, 3.63) is 47.6 Å². The lowest BCUT2D eigenvalue weighted by atomic mass is 9.48. The van der Waals surface area contributed by atoms with Gasteiger partial charge in [-0.05, 0) is 201 Å². The maximum Gasteiger partial charge on any atom is 0.156 e. The van der Waals surface area contributed by atoms with Crippen LogP contribution in [0, 0.1) is 80.8 Å². The van der Waals surface area contributed by atoms with Crippen LogP contribution in [0.1, 0.15) is 158 Å². The molecule has 56 heavy (non-hydrogen) atoms. The van der Waals surface area contributed by atoms with E-state index in [2.05, 4.69) is 65.8 Å². The zero-order chi connectivity index (χ0) is 40.4. The van der Waals surface area contributed by atoms with E-state index in [0.717, 1.165) is 56.1 Å². The highest BCUT2D eigenvalue weighted by molar-refractivity contribution is 5.92. The largest absolute Gasteiger partial charge is 0.390 e. The summed E-state index contributed by atoms with van der Waals surface area (Å²) in [6, 6.07) is 0. The van der Waals surface area contributed by atoms with Gasteiger partial charge in [-0.2, -0.15) is 0 Å². The molecule has 0 spiro atoms. The van der Waals surface area contributed by atoms with E-state index in [9.17, 15) is 24.6 Å². The minimum atomic E-state index is -1.02. The van der Waals surface area contributed by atoms with Crippen LogP contribution >= 0.6 is 0 Å². The van der Waals surface area contributed by atoms with Crippen molar-refractivity contribution >= 4 is 17.9 Å². The van der Waals surface area contributed by atoms with E-state index in [0.29, 0.717) is 83.1 Å². The van der Waals surface area contributed by atoms with Crippen molar-refractivity contribution in [1.29, 1.82) is 0 Å². The normalized spacial score (nSPS) is 44.0. The molecule has 5 heteroatoms. The van der Waals surface area contributed by atoms with Gasteiger partial charge < -0.3 is 15.0 Å². The summed E-state index contributed by atoms with van der Waals surface area (Å²) in [5.41, 5.74) is 2.74.